The molecule has 168 valence electrons. The van der Waals surface area contributed by atoms with Gasteiger partial charge in [-0.2, -0.15) is 0 Å². The van der Waals surface area contributed by atoms with E-state index in [1.165, 1.54) is 13.0 Å². The number of primary amides is 1. The zero-order valence-corrected chi connectivity index (χ0v) is 18.0. The van der Waals surface area contributed by atoms with Crippen LogP contribution in [0, 0.1) is 5.82 Å². The number of carbonyl (C=O) groups excluding carboxylic acids is 3. The second kappa shape index (κ2) is 9.24. The molecule has 0 bridgehead atoms. The second-order valence-electron chi connectivity index (χ2n) is 8.09. The highest BCUT2D eigenvalue weighted by Crippen LogP contribution is 2.46. The van der Waals surface area contributed by atoms with E-state index in [1.54, 1.807) is 18.2 Å². The van der Waals surface area contributed by atoms with Crippen molar-refractivity contribution < 1.29 is 18.8 Å². The molecule has 4 rings (SSSR count). The SMILES string of the molecule is CC(=O)N[C@@H](Cc1ccccc1F)C(=O)N[C@H](C(N)=O)C1c2ccccc2-c2ccccc21. The number of hydrogen-bond acceptors (Lipinski definition) is 3. The predicted octanol–water partition coefficient (Wildman–Crippen LogP) is 2.66. The molecule has 4 N–H and O–H groups in total. The molecule has 0 heterocycles. The van der Waals surface area contributed by atoms with Gasteiger partial charge in [0.2, 0.25) is 17.7 Å². The summed E-state index contributed by atoms with van der Waals surface area (Å²) in [4.78, 5) is 37.6. The molecule has 3 amide bonds. The molecule has 0 aliphatic heterocycles. The molecule has 3 aromatic carbocycles. The summed E-state index contributed by atoms with van der Waals surface area (Å²) in [5, 5.41) is 5.29. The Morgan fingerprint density at radius 2 is 1.42 bits per heavy atom. The van der Waals surface area contributed by atoms with Crippen molar-refractivity contribution >= 4 is 17.7 Å². The zero-order valence-electron chi connectivity index (χ0n) is 18.0. The first-order valence-corrected chi connectivity index (χ1v) is 10.6. The van der Waals surface area contributed by atoms with Crippen molar-refractivity contribution in [3.05, 3.63) is 95.3 Å². The Kier molecular flexibility index (Phi) is 6.22. The Morgan fingerprint density at radius 3 is 1.97 bits per heavy atom. The first-order valence-electron chi connectivity index (χ1n) is 10.6. The van der Waals surface area contributed by atoms with Crippen LogP contribution in [0.3, 0.4) is 0 Å². The van der Waals surface area contributed by atoms with Gasteiger partial charge in [0.25, 0.3) is 0 Å². The van der Waals surface area contributed by atoms with E-state index in [4.69, 9.17) is 5.73 Å². The van der Waals surface area contributed by atoms with E-state index in [0.29, 0.717) is 0 Å². The highest BCUT2D eigenvalue weighted by Gasteiger charge is 2.39. The quantitative estimate of drug-likeness (QED) is 0.521. The lowest BCUT2D eigenvalue weighted by Gasteiger charge is -2.26. The minimum atomic E-state index is -1.08. The van der Waals surface area contributed by atoms with Crippen LogP contribution >= 0.6 is 0 Å². The van der Waals surface area contributed by atoms with E-state index < -0.39 is 41.5 Å². The highest BCUT2D eigenvalue weighted by atomic mass is 19.1. The van der Waals surface area contributed by atoms with E-state index in [9.17, 15) is 18.8 Å². The summed E-state index contributed by atoms with van der Waals surface area (Å²) in [6.07, 6.45) is -0.0680. The molecule has 0 aromatic heterocycles. The van der Waals surface area contributed by atoms with Crippen molar-refractivity contribution in [3.8, 4) is 11.1 Å². The molecule has 6 nitrogen and oxygen atoms in total. The Morgan fingerprint density at radius 1 is 0.879 bits per heavy atom. The van der Waals surface area contributed by atoms with Gasteiger partial charge in [-0.05, 0) is 33.9 Å². The van der Waals surface area contributed by atoms with Crippen LogP contribution in [0.2, 0.25) is 0 Å². The molecule has 0 unspecified atom stereocenters. The standard InChI is InChI=1S/C26H24FN3O3/c1-15(31)29-22(14-16-8-2-7-13-21(16)27)26(33)30-24(25(28)32)23-19-11-5-3-9-17(19)18-10-4-6-12-20(18)23/h2-13,22-24H,14H2,1H3,(H2,28,32)(H,29,31)(H,30,33)/t22-,24-/m0/s1. The van der Waals surface area contributed by atoms with Gasteiger partial charge in [0.15, 0.2) is 0 Å². The molecule has 0 fully saturated rings. The summed E-state index contributed by atoms with van der Waals surface area (Å²) in [5.41, 5.74) is 9.75. The van der Waals surface area contributed by atoms with Crippen molar-refractivity contribution in [2.45, 2.75) is 31.3 Å². The number of benzene rings is 3. The number of carbonyl (C=O) groups is 3. The Labute approximate surface area is 191 Å². The van der Waals surface area contributed by atoms with E-state index in [-0.39, 0.29) is 12.0 Å². The summed E-state index contributed by atoms with van der Waals surface area (Å²) in [6.45, 7) is 1.27. The third kappa shape index (κ3) is 4.48. The zero-order chi connectivity index (χ0) is 23.5. The molecule has 1 aliphatic carbocycles. The van der Waals surface area contributed by atoms with Gasteiger partial charge in [-0.15, -0.1) is 0 Å². The van der Waals surface area contributed by atoms with Crippen LogP contribution in [-0.2, 0) is 20.8 Å². The Hall–Kier alpha value is -4.00. The minimum Gasteiger partial charge on any atom is -0.368 e. The summed E-state index contributed by atoms with van der Waals surface area (Å²) < 4.78 is 14.2. The van der Waals surface area contributed by atoms with Crippen LogP contribution in [0.15, 0.2) is 72.8 Å². The lowest BCUT2D eigenvalue weighted by Crippen LogP contribution is -2.55. The molecular weight excluding hydrogens is 421 g/mol. The number of halogens is 1. The molecule has 0 saturated carbocycles. The smallest absolute Gasteiger partial charge is 0.243 e. The largest absolute Gasteiger partial charge is 0.368 e. The van der Waals surface area contributed by atoms with Gasteiger partial charge < -0.3 is 16.4 Å². The van der Waals surface area contributed by atoms with Gasteiger partial charge in [0.05, 0.1) is 0 Å². The van der Waals surface area contributed by atoms with Gasteiger partial charge in [-0.3, -0.25) is 14.4 Å². The molecule has 2 atom stereocenters. The maximum absolute atomic E-state index is 14.2. The van der Waals surface area contributed by atoms with Crippen molar-refractivity contribution in [2.75, 3.05) is 0 Å². The van der Waals surface area contributed by atoms with Crippen LogP contribution in [0.1, 0.15) is 29.5 Å². The van der Waals surface area contributed by atoms with E-state index in [0.717, 1.165) is 22.3 Å². The fraction of sp³-hybridized carbons (Fsp3) is 0.192. The van der Waals surface area contributed by atoms with Gasteiger partial charge in [-0.1, -0.05) is 66.7 Å². The van der Waals surface area contributed by atoms with Gasteiger partial charge in [0, 0.05) is 19.3 Å². The average Bonchev–Trinajstić information content (AvgIpc) is 3.12. The molecule has 1 aliphatic rings. The van der Waals surface area contributed by atoms with Gasteiger partial charge >= 0.3 is 0 Å². The number of nitrogens with one attached hydrogen (secondary N) is 2. The van der Waals surface area contributed by atoms with Crippen LogP contribution in [0.5, 0.6) is 0 Å². The minimum absolute atomic E-state index is 0.0680. The lowest BCUT2D eigenvalue weighted by molar-refractivity contribution is -0.131. The van der Waals surface area contributed by atoms with E-state index in [1.807, 2.05) is 48.5 Å². The van der Waals surface area contributed by atoms with E-state index in [2.05, 4.69) is 10.6 Å². The fourth-order valence-corrected chi connectivity index (χ4v) is 4.46. The van der Waals surface area contributed by atoms with Crippen molar-refractivity contribution in [3.63, 3.8) is 0 Å². The van der Waals surface area contributed by atoms with Gasteiger partial charge in [-0.25, -0.2) is 4.39 Å². The van der Waals surface area contributed by atoms with Crippen LogP contribution in [0.4, 0.5) is 4.39 Å². The number of amides is 3. The van der Waals surface area contributed by atoms with Crippen molar-refractivity contribution in [2.24, 2.45) is 5.73 Å². The fourth-order valence-electron chi connectivity index (χ4n) is 4.46. The second-order valence-corrected chi connectivity index (χ2v) is 8.09. The number of rotatable bonds is 7. The molecule has 3 aromatic rings. The molecule has 7 heteroatoms. The molecule has 33 heavy (non-hydrogen) atoms. The predicted molar refractivity (Wildman–Crippen MR) is 123 cm³/mol. The third-order valence-electron chi connectivity index (χ3n) is 5.90. The number of fused-ring (bicyclic) bond motifs is 3. The molecule has 0 spiro atoms. The van der Waals surface area contributed by atoms with Crippen molar-refractivity contribution in [1.82, 2.24) is 10.6 Å². The first kappa shape index (κ1) is 22.2. The monoisotopic (exact) mass is 445 g/mol. The molecule has 0 saturated heterocycles. The highest BCUT2D eigenvalue weighted by molar-refractivity contribution is 5.94. The number of nitrogens with two attached hydrogens (primary N) is 1. The maximum atomic E-state index is 14.2. The third-order valence-corrected chi connectivity index (χ3v) is 5.90. The summed E-state index contributed by atoms with van der Waals surface area (Å²) in [5.74, 6) is -2.72. The van der Waals surface area contributed by atoms with Crippen LogP contribution in [-0.4, -0.2) is 29.8 Å². The average molecular weight is 445 g/mol. The molecule has 0 radical (unpaired) electrons. The Balaban J connectivity index is 1.66. The van der Waals surface area contributed by atoms with Crippen molar-refractivity contribution in [1.29, 1.82) is 0 Å². The maximum Gasteiger partial charge on any atom is 0.243 e. The van der Waals surface area contributed by atoms with Crippen LogP contribution in [0.25, 0.3) is 11.1 Å². The van der Waals surface area contributed by atoms with Gasteiger partial charge in [0.1, 0.15) is 17.9 Å². The summed E-state index contributed by atoms with van der Waals surface area (Å²) >= 11 is 0. The Bertz CT molecular complexity index is 1180. The van der Waals surface area contributed by atoms with Crippen LogP contribution < -0.4 is 16.4 Å². The summed E-state index contributed by atoms with van der Waals surface area (Å²) in [7, 11) is 0. The summed E-state index contributed by atoms with van der Waals surface area (Å²) in [6, 6.07) is 19.2. The lowest BCUT2D eigenvalue weighted by atomic mass is 9.88. The number of hydrogen-bond donors (Lipinski definition) is 3. The normalized spacial score (nSPS) is 14.0. The topological polar surface area (TPSA) is 101 Å². The molecular formula is C26H24FN3O3. The first-order chi connectivity index (χ1) is 15.9. The van der Waals surface area contributed by atoms with E-state index >= 15 is 0 Å².